The number of methoxy groups -OCH3 is 1. The highest BCUT2D eigenvalue weighted by Crippen LogP contribution is 2.22. The highest BCUT2D eigenvalue weighted by molar-refractivity contribution is 7.13. The summed E-state index contributed by atoms with van der Waals surface area (Å²) < 4.78 is 5.44. The number of thiophene rings is 1. The fourth-order valence-corrected chi connectivity index (χ4v) is 4.00. The van der Waals surface area contributed by atoms with Gasteiger partial charge in [-0.25, -0.2) is 0 Å². The van der Waals surface area contributed by atoms with Gasteiger partial charge in [-0.2, -0.15) is 0 Å². The number of aryl methyl sites for hydroxylation is 1. The van der Waals surface area contributed by atoms with Crippen molar-refractivity contribution in [2.75, 3.05) is 20.2 Å². The first-order valence-corrected chi connectivity index (χ1v) is 9.64. The molecule has 1 saturated heterocycles. The maximum absolute atomic E-state index is 12.8. The first kappa shape index (κ1) is 18.6. The zero-order chi connectivity index (χ0) is 18.5. The monoisotopic (exact) mass is 372 g/mol. The predicted octanol–water partition coefficient (Wildman–Crippen LogP) is 3.17. The van der Waals surface area contributed by atoms with Gasteiger partial charge in [0.2, 0.25) is 0 Å². The van der Waals surface area contributed by atoms with Crippen LogP contribution in [0.3, 0.4) is 0 Å². The van der Waals surface area contributed by atoms with E-state index in [2.05, 4.69) is 5.32 Å². The van der Waals surface area contributed by atoms with E-state index in [1.807, 2.05) is 54.3 Å². The first-order chi connectivity index (χ1) is 12.6. The third kappa shape index (κ3) is 4.31. The van der Waals surface area contributed by atoms with Gasteiger partial charge in [0.05, 0.1) is 4.88 Å². The molecule has 1 N–H and O–H groups in total. The van der Waals surface area contributed by atoms with E-state index in [4.69, 9.17) is 4.74 Å². The van der Waals surface area contributed by atoms with Crippen LogP contribution in [0.25, 0.3) is 0 Å². The van der Waals surface area contributed by atoms with Crippen molar-refractivity contribution in [1.82, 2.24) is 10.2 Å². The molecule has 6 heteroatoms. The molecule has 0 spiro atoms. The van der Waals surface area contributed by atoms with Crippen LogP contribution >= 0.6 is 11.3 Å². The Morgan fingerprint density at radius 1 is 1.15 bits per heavy atom. The SMILES string of the molecule is COC(C(=O)N1CCC(NC(=O)c2ccc(C)s2)CC1)c1ccccc1. The van der Waals surface area contributed by atoms with Crippen molar-refractivity contribution in [1.29, 1.82) is 0 Å². The average Bonchev–Trinajstić information content (AvgIpc) is 3.10. The van der Waals surface area contributed by atoms with Gasteiger partial charge in [0, 0.05) is 31.1 Å². The Balaban J connectivity index is 1.54. The largest absolute Gasteiger partial charge is 0.367 e. The molecule has 0 saturated carbocycles. The molecule has 2 heterocycles. The quantitative estimate of drug-likeness (QED) is 0.877. The third-order valence-corrected chi connectivity index (χ3v) is 5.67. The molecule has 1 aromatic heterocycles. The Kier molecular flexibility index (Phi) is 6.06. The molecule has 1 aliphatic heterocycles. The number of hydrogen-bond acceptors (Lipinski definition) is 4. The summed E-state index contributed by atoms with van der Waals surface area (Å²) in [5.74, 6) is -0.0377. The zero-order valence-electron chi connectivity index (χ0n) is 15.1. The van der Waals surface area contributed by atoms with Crippen LogP contribution in [-0.4, -0.2) is 43.0 Å². The number of amides is 2. The van der Waals surface area contributed by atoms with E-state index in [1.165, 1.54) is 11.3 Å². The zero-order valence-corrected chi connectivity index (χ0v) is 15.9. The van der Waals surface area contributed by atoms with E-state index in [1.54, 1.807) is 7.11 Å². The van der Waals surface area contributed by atoms with Gasteiger partial charge < -0.3 is 15.0 Å². The van der Waals surface area contributed by atoms with Crippen molar-refractivity contribution in [3.8, 4) is 0 Å². The summed E-state index contributed by atoms with van der Waals surface area (Å²) in [7, 11) is 1.56. The molecule has 1 atom stereocenters. The number of nitrogens with one attached hydrogen (secondary N) is 1. The molecule has 5 nitrogen and oxygen atoms in total. The second-order valence-corrected chi connectivity index (χ2v) is 7.80. The van der Waals surface area contributed by atoms with E-state index in [9.17, 15) is 9.59 Å². The molecular formula is C20H24N2O3S. The summed E-state index contributed by atoms with van der Waals surface area (Å²) in [6.07, 6.45) is 0.941. The van der Waals surface area contributed by atoms with Crippen LogP contribution in [0, 0.1) is 6.92 Å². The average molecular weight is 372 g/mol. The molecule has 26 heavy (non-hydrogen) atoms. The number of likely N-dealkylation sites (tertiary alicyclic amines) is 1. The molecule has 0 bridgehead atoms. The maximum Gasteiger partial charge on any atom is 0.261 e. The summed E-state index contributed by atoms with van der Waals surface area (Å²) >= 11 is 1.50. The van der Waals surface area contributed by atoms with Crippen LogP contribution in [0.1, 0.15) is 39.1 Å². The van der Waals surface area contributed by atoms with Crippen molar-refractivity contribution in [2.24, 2.45) is 0 Å². The second-order valence-electron chi connectivity index (χ2n) is 6.51. The van der Waals surface area contributed by atoms with Gasteiger partial charge in [-0.15, -0.1) is 11.3 Å². The normalized spacial score (nSPS) is 16.3. The molecular weight excluding hydrogens is 348 g/mol. The van der Waals surface area contributed by atoms with Crippen LogP contribution in [-0.2, 0) is 9.53 Å². The molecule has 1 aliphatic rings. The van der Waals surface area contributed by atoms with E-state index in [0.717, 1.165) is 28.2 Å². The number of hydrogen-bond donors (Lipinski definition) is 1. The highest BCUT2D eigenvalue weighted by atomic mass is 32.1. The number of carbonyl (C=O) groups excluding carboxylic acids is 2. The number of piperidine rings is 1. The minimum absolute atomic E-state index is 0.0163. The minimum Gasteiger partial charge on any atom is -0.367 e. The number of ether oxygens (including phenoxy) is 1. The van der Waals surface area contributed by atoms with Gasteiger partial charge in [-0.05, 0) is 37.5 Å². The summed E-state index contributed by atoms with van der Waals surface area (Å²) in [4.78, 5) is 28.8. The molecule has 1 aromatic carbocycles. The molecule has 2 amide bonds. The molecule has 3 rings (SSSR count). The van der Waals surface area contributed by atoms with Crippen molar-refractivity contribution < 1.29 is 14.3 Å². The van der Waals surface area contributed by atoms with Crippen LogP contribution in [0.2, 0.25) is 0 Å². The fourth-order valence-electron chi connectivity index (χ4n) is 3.23. The van der Waals surface area contributed by atoms with Crippen LogP contribution < -0.4 is 5.32 Å². The Bertz CT molecular complexity index is 751. The Labute approximate surface area is 158 Å². The lowest BCUT2D eigenvalue weighted by Gasteiger charge is -2.34. The van der Waals surface area contributed by atoms with Gasteiger partial charge >= 0.3 is 0 Å². The Morgan fingerprint density at radius 2 is 1.85 bits per heavy atom. The first-order valence-electron chi connectivity index (χ1n) is 8.82. The van der Waals surface area contributed by atoms with Crippen LogP contribution in [0.15, 0.2) is 42.5 Å². The van der Waals surface area contributed by atoms with Gasteiger partial charge in [-0.3, -0.25) is 9.59 Å². The van der Waals surface area contributed by atoms with E-state index in [-0.39, 0.29) is 17.9 Å². The Hall–Kier alpha value is -2.18. The van der Waals surface area contributed by atoms with Crippen LogP contribution in [0.5, 0.6) is 0 Å². The fraction of sp³-hybridized carbons (Fsp3) is 0.400. The summed E-state index contributed by atoms with van der Waals surface area (Å²) in [6, 6.07) is 13.5. The van der Waals surface area contributed by atoms with Crippen LogP contribution in [0.4, 0.5) is 0 Å². The second kappa shape index (κ2) is 8.47. The lowest BCUT2D eigenvalue weighted by molar-refractivity contribution is -0.143. The number of carbonyl (C=O) groups is 2. The lowest BCUT2D eigenvalue weighted by Crippen LogP contribution is -2.47. The van der Waals surface area contributed by atoms with Crippen molar-refractivity contribution in [3.05, 3.63) is 57.8 Å². The van der Waals surface area contributed by atoms with E-state index >= 15 is 0 Å². The summed E-state index contributed by atoms with van der Waals surface area (Å²) in [6.45, 7) is 3.24. The van der Waals surface area contributed by atoms with Crippen molar-refractivity contribution in [2.45, 2.75) is 31.9 Å². The highest BCUT2D eigenvalue weighted by Gasteiger charge is 2.29. The summed E-state index contributed by atoms with van der Waals surface area (Å²) in [5, 5.41) is 3.09. The standard InChI is InChI=1S/C20H24N2O3S/c1-14-8-9-17(26-14)19(23)21-16-10-12-22(13-11-16)20(24)18(25-2)15-6-4-3-5-7-15/h3-9,16,18H,10-13H2,1-2H3,(H,21,23). The van der Waals surface area contributed by atoms with E-state index < -0.39 is 6.10 Å². The molecule has 0 aliphatic carbocycles. The van der Waals surface area contributed by atoms with Crippen molar-refractivity contribution in [3.63, 3.8) is 0 Å². The Morgan fingerprint density at radius 3 is 2.42 bits per heavy atom. The number of rotatable bonds is 5. The number of benzene rings is 1. The third-order valence-electron chi connectivity index (χ3n) is 4.67. The molecule has 1 fully saturated rings. The minimum atomic E-state index is -0.573. The molecule has 138 valence electrons. The molecule has 0 radical (unpaired) electrons. The summed E-state index contributed by atoms with van der Waals surface area (Å²) in [5.41, 5.74) is 0.864. The van der Waals surface area contributed by atoms with E-state index in [0.29, 0.717) is 13.1 Å². The smallest absolute Gasteiger partial charge is 0.261 e. The van der Waals surface area contributed by atoms with Gasteiger partial charge in [0.1, 0.15) is 0 Å². The maximum atomic E-state index is 12.8. The number of nitrogens with zero attached hydrogens (tertiary/aromatic N) is 1. The van der Waals surface area contributed by atoms with Gasteiger partial charge in [0.15, 0.2) is 6.10 Å². The van der Waals surface area contributed by atoms with Gasteiger partial charge in [0.25, 0.3) is 11.8 Å². The lowest BCUT2D eigenvalue weighted by atomic mass is 10.0. The van der Waals surface area contributed by atoms with Gasteiger partial charge in [-0.1, -0.05) is 30.3 Å². The topological polar surface area (TPSA) is 58.6 Å². The molecule has 2 aromatic rings. The molecule has 1 unspecified atom stereocenters. The van der Waals surface area contributed by atoms with Crippen molar-refractivity contribution >= 4 is 23.2 Å². The predicted molar refractivity (Wildman–Crippen MR) is 102 cm³/mol.